The first kappa shape index (κ1) is 14.6. The third-order valence-corrected chi connectivity index (χ3v) is 7.07. The molecular weight excluding hydrogens is 383 g/mol. The van der Waals surface area contributed by atoms with Crippen molar-refractivity contribution in [3.8, 4) is 31.6 Å². The fourth-order valence-corrected chi connectivity index (χ4v) is 5.67. The zero-order valence-corrected chi connectivity index (χ0v) is 14.8. The van der Waals surface area contributed by atoms with E-state index in [2.05, 4.69) is 28.1 Å². The molecule has 0 unspecified atom stereocenters. The number of nitrogens with zero attached hydrogens (tertiary/aromatic N) is 2. The molecule has 3 aromatic rings. The van der Waals surface area contributed by atoms with E-state index in [9.17, 15) is 10.5 Å². The van der Waals surface area contributed by atoms with Crippen LogP contribution in [0.3, 0.4) is 0 Å². The van der Waals surface area contributed by atoms with E-state index in [1.54, 1.807) is 22.7 Å². The van der Waals surface area contributed by atoms with Crippen molar-refractivity contribution in [2.24, 2.45) is 0 Å². The molecule has 0 amide bonds. The lowest BCUT2D eigenvalue weighted by Gasteiger charge is -1.91. The Hall–Kier alpha value is -1.38. The lowest BCUT2D eigenvalue weighted by molar-refractivity contribution is 1.47. The van der Waals surface area contributed by atoms with E-state index in [-0.39, 0.29) is 0 Å². The molecule has 0 aliphatic heterocycles. The Kier molecular flexibility index (Phi) is 4.01. The van der Waals surface area contributed by atoms with E-state index in [0.29, 0.717) is 11.1 Å². The second-order valence-electron chi connectivity index (χ2n) is 4.25. The standard InChI is InChI=1S/C14H6BBrN2S3/c15-11-3-1-9(19-11)13-7(5-17)8(6-18)14(21-13)10-2-4-12(16)20-10/h1-4H,15H2. The van der Waals surface area contributed by atoms with E-state index in [1.807, 2.05) is 32.1 Å². The predicted molar refractivity (Wildman–Crippen MR) is 96.3 cm³/mol. The molecule has 7 heteroatoms. The summed E-state index contributed by atoms with van der Waals surface area (Å²) in [6.45, 7) is 0. The molecule has 0 radical (unpaired) electrons. The third kappa shape index (κ3) is 2.58. The van der Waals surface area contributed by atoms with Crippen LogP contribution in [0.2, 0.25) is 0 Å². The van der Waals surface area contributed by atoms with Gasteiger partial charge in [-0.05, 0) is 38.9 Å². The highest BCUT2D eigenvalue weighted by Gasteiger charge is 2.22. The van der Waals surface area contributed by atoms with Crippen LogP contribution in [-0.2, 0) is 0 Å². The van der Waals surface area contributed by atoms with Gasteiger partial charge in [-0.25, -0.2) is 0 Å². The van der Waals surface area contributed by atoms with Gasteiger partial charge in [0.1, 0.15) is 12.1 Å². The van der Waals surface area contributed by atoms with Crippen LogP contribution in [0.5, 0.6) is 0 Å². The molecule has 0 fully saturated rings. The average molecular weight is 389 g/mol. The Morgan fingerprint density at radius 3 is 1.86 bits per heavy atom. The molecule has 0 aliphatic carbocycles. The lowest BCUT2D eigenvalue weighted by Crippen LogP contribution is -1.88. The number of halogens is 1. The van der Waals surface area contributed by atoms with Gasteiger partial charge < -0.3 is 0 Å². The van der Waals surface area contributed by atoms with Gasteiger partial charge in [0.2, 0.25) is 0 Å². The van der Waals surface area contributed by atoms with Crippen molar-refractivity contribution in [3.05, 3.63) is 39.2 Å². The van der Waals surface area contributed by atoms with Crippen LogP contribution in [0.4, 0.5) is 0 Å². The van der Waals surface area contributed by atoms with Gasteiger partial charge in [-0.1, -0.05) is 6.07 Å². The molecule has 0 saturated carbocycles. The summed E-state index contributed by atoms with van der Waals surface area (Å²) in [5.41, 5.74) is 0.974. The Labute approximate surface area is 143 Å². The van der Waals surface area contributed by atoms with Gasteiger partial charge in [-0.2, -0.15) is 21.9 Å². The van der Waals surface area contributed by atoms with Gasteiger partial charge in [-0.15, -0.1) is 22.7 Å². The maximum Gasteiger partial charge on any atom is 0.152 e. The zero-order valence-electron chi connectivity index (χ0n) is 10.8. The van der Waals surface area contributed by atoms with E-state index in [4.69, 9.17) is 0 Å². The van der Waals surface area contributed by atoms with Gasteiger partial charge in [0.15, 0.2) is 7.85 Å². The van der Waals surface area contributed by atoms with E-state index < -0.39 is 0 Å². The summed E-state index contributed by atoms with van der Waals surface area (Å²) in [5.74, 6) is 0. The minimum Gasteiger partial charge on any atom is -0.192 e. The molecular formula is C14H6BBrN2S3. The van der Waals surface area contributed by atoms with E-state index in [1.165, 1.54) is 16.1 Å². The Balaban J connectivity index is 2.26. The number of hydrogen-bond donors (Lipinski definition) is 0. The van der Waals surface area contributed by atoms with Gasteiger partial charge in [0.05, 0.1) is 24.7 Å². The number of thiophene rings is 3. The van der Waals surface area contributed by atoms with Crippen molar-refractivity contribution in [2.45, 2.75) is 0 Å². The molecule has 21 heavy (non-hydrogen) atoms. The van der Waals surface area contributed by atoms with Gasteiger partial charge in [-0.3, -0.25) is 0 Å². The van der Waals surface area contributed by atoms with E-state index >= 15 is 0 Å². The SMILES string of the molecule is Bc1ccc(-c2sc(-c3ccc(Br)s3)c(C#N)c2C#N)s1. The Morgan fingerprint density at radius 2 is 1.43 bits per heavy atom. The van der Waals surface area contributed by atoms with Crippen molar-refractivity contribution in [1.82, 2.24) is 0 Å². The summed E-state index contributed by atoms with van der Waals surface area (Å²) in [6.07, 6.45) is 0. The summed E-state index contributed by atoms with van der Waals surface area (Å²) < 4.78 is 2.21. The van der Waals surface area contributed by atoms with Crippen molar-refractivity contribution in [2.75, 3.05) is 0 Å². The average Bonchev–Trinajstić information content (AvgIpc) is 3.15. The van der Waals surface area contributed by atoms with Gasteiger partial charge in [0, 0.05) is 9.75 Å². The second kappa shape index (κ2) is 5.78. The summed E-state index contributed by atoms with van der Waals surface area (Å²) in [5, 5.41) is 18.9. The molecule has 0 spiro atoms. The number of rotatable bonds is 2. The van der Waals surface area contributed by atoms with Crippen LogP contribution >= 0.6 is 49.9 Å². The predicted octanol–water partition coefficient (Wildman–Crippen LogP) is 3.97. The molecule has 0 saturated heterocycles. The molecule has 0 aromatic carbocycles. The largest absolute Gasteiger partial charge is 0.192 e. The molecule has 3 heterocycles. The van der Waals surface area contributed by atoms with Crippen LogP contribution in [0, 0.1) is 22.7 Å². The maximum absolute atomic E-state index is 9.47. The molecule has 100 valence electrons. The maximum atomic E-state index is 9.47. The molecule has 3 aromatic heterocycles. The number of hydrogen-bond acceptors (Lipinski definition) is 5. The first-order chi connectivity index (χ1) is 10.1. The van der Waals surface area contributed by atoms with Crippen LogP contribution in [0.15, 0.2) is 28.1 Å². The minimum absolute atomic E-state index is 0.484. The summed E-state index contributed by atoms with van der Waals surface area (Å²) in [4.78, 5) is 3.84. The highest BCUT2D eigenvalue weighted by molar-refractivity contribution is 9.11. The van der Waals surface area contributed by atoms with Crippen molar-refractivity contribution < 1.29 is 0 Å². The van der Waals surface area contributed by atoms with Crippen LogP contribution in [0.1, 0.15) is 11.1 Å². The van der Waals surface area contributed by atoms with Crippen LogP contribution in [-0.4, -0.2) is 7.85 Å². The fourth-order valence-electron chi connectivity index (χ4n) is 1.98. The zero-order chi connectivity index (χ0) is 15.0. The van der Waals surface area contributed by atoms with E-state index in [0.717, 1.165) is 23.3 Å². The van der Waals surface area contributed by atoms with Crippen LogP contribution < -0.4 is 4.78 Å². The van der Waals surface area contributed by atoms with Crippen molar-refractivity contribution in [1.29, 1.82) is 10.5 Å². The smallest absolute Gasteiger partial charge is 0.152 e. The Bertz CT molecular complexity index is 835. The topological polar surface area (TPSA) is 47.6 Å². The first-order valence-corrected chi connectivity index (χ1v) is 9.17. The summed E-state index contributed by atoms with van der Waals surface area (Å²) >= 11 is 8.19. The monoisotopic (exact) mass is 388 g/mol. The van der Waals surface area contributed by atoms with Gasteiger partial charge >= 0.3 is 0 Å². The highest BCUT2D eigenvalue weighted by atomic mass is 79.9. The molecule has 0 aliphatic rings. The minimum atomic E-state index is 0.484. The summed E-state index contributed by atoms with van der Waals surface area (Å²) in [7, 11) is 2.04. The molecule has 2 nitrogen and oxygen atoms in total. The Morgan fingerprint density at radius 1 is 0.857 bits per heavy atom. The highest BCUT2D eigenvalue weighted by Crippen LogP contribution is 2.45. The normalized spacial score (nSPS) is 10.2. The molecule has 0 bridgehead atoms. The first-order valence-electron chi connectivity index (χ1n) is 5.93. The molecule has 3 rings (SSSR count). The fraction of sp³-hybridized carbons (Fsp3) is 0. The second-order valence-corrected chi connectivity index (χ2v) is 9.02. The molecule has 0 N–H and O–H groups in total. The summed E-state index contributed by atoms with van der Waals surface area (Å²) in [6, 6.07) is 12.4. The molecule has 0 atom stereocenters. The van der Waals surface area contributed by atoms with Crippen molar-refractivity contribution >= 4 is 62.6 Å². The van der Waals surface area contributed by atoms with Crippen LogP contribution in [0.25, 0.3) is 19.5 Å². The van der Waals surface area contributed by atoms with Gasteiger partial charge in [0.25, 0.3) is 0 Å². The number of nitriles is 2. The van der Waals surface area contributed by atoms with Crippen molar-refractivity contribution in [3.63, 3.8) is 0 Å². The third-order valence-electron chi connectivity index (χ3n) is 2.89. The quantitative estimate of drug-likeness (QED) is 0.623. The lowest BCUT2D eigenvalue weighted by atomic mass is 10.1.